The minimum Gasteiger partial charge on any atom is -0.476 e. The van der Waals surface area contributed by atoms with Crippen LogP contribution in [-0.2, 0) is 0 Å². The zero-order valence-corrected chi connectivity index (χ0v) is 14.1. The van der Waals surface area contributed by atoms with Crippen molar-refractivity contribution in [2.24, 2.45) is 0 Å². The van der Waals surface area contributed by atoms with E-state index < -0.39 is 5.97 Å². The largest absolute Gasteiger partial charge is 0.476 e. The summed E-state index contributed by atoms with van der Waals surface area (Å²) in [6, 6.07) is 0. The maximum absolute atomic E-state index is 10.9. The molecule has 1 N–H and O–H groups in total. The monoisotopic (exact) mass is 332 g/mol. The van der Waals surface area contributed by atoms with Crippen LogP contribution in [0.2, 0.25) is 0 Å². The molecule has 2 aromatic rings. The van der Waals surface area contributed by atoms with Gasteiger partial charge in [-0.2, -0.15) is 0 Å². The molecule has 1 saturated heterocycles. The van der Waals surface area contributed by atoms with Crippen molar-refractivity contribution in [3.63, 3.8) is 0 Å². The fourth-order valence-corrected chi connectivity index (χ4v) is 3.84. The van der Waals surface area contributed by atoms with Gasteiger partial charge in [0.2, 0.25) is 0 Å². The predicted octanol–water partition coefficient (Wildman–Crippen LogP) is 3.14. The predicted molar refractivity (Wildman–Crippen MR) is 89.4 cm³/mol. The fourth-order valence-electron chi connectivity index (χ4n) is 2.74. The summed E-state index contributed by atoms with van der Waals surface area (Å²) >= 11 is 1.74. The molecule has 6 nitrogen and oxygen atoms in total. The van der Waals surface area contributed by atoms with Gasteiger partial charge < -0.3 is 10.0 Å². The van der Waals surface area contributed by atoms with Gasteiger partial charge >= 0.3 is 5.97 Å². The van der Waals surface area contributed by atoms with Crippen LogP contribution in [0, 0.1) is 0 Å². The summed E-state index contributed by atoms with van der Waals surface area (Å²) in [4.78, 5) is 26.0. The third-order valence-electron chi connectivity index (χ3n) is 4.08. The zero-order chi connectivity index (χ0) is 16.4. The van der Waals surface area contributed by atoms with Crippen LogP contribution >= 0.6 is 11.3 Å². The minimum atomic E-state index is -1.05. The number of anilines is 1. The molecule has 3 heterocycles. The topological polar surface area (TPSA) is 79.2 Å². The molecule has 0 bridgehead atoms. The van der Waals surface area contributed by atoms with Crippen molar-refractivity contribution < 1.29 is 9.90 Å². The highest BCUT2D eigenvalue weighted by atomic mass is 32.1. The normalized spacial score (nSPS) is 18.4. The molecule has 0 radical (unpaired) electrons. The number of thiazole rings is 1. The first-order valence-corrected chi connectivity index (χ1v) is 8.68. The molecule has 1 atom stereocenters. The number of hydrogen-bond donors (Lipinski definition) is 1. The Labute approximate surface area is 139 Å². The van der Waals surface area contributed by atoms with Crippen LogP contribution in [0.3, 0.4) is 0 Å². The second kappa shape index (κ2) is 6.62. The van der Waals surface area contributed by atoms with Gasteiger partial charge in [-0.3, -0.25) is 0 Å². The molecule has 122 valence electrons. The van der Waals surface area contributed by atoms with E-state index >= 15 is 0 Å². The lowest BCUT2D eigenvalue weighted by Gasteiger charge is -2.32. The lowest BCUT2D eigenvalue weighted by Crippen LogP contribution is -2.35. The summed E-state index contributed by atoms with van der Waals surface area (Å²) in [5, 5.41) is 12.2. The summed E-state index contributed by atoms with van der Waals surface area (Å²) in [6.45, 7) is 6.09. The molecule has 0 aliphatic carbocycles. The van der Waals surface area contributed by atoms with E-state index in [1.807, 2.05) is 0 Å². The maximum atomic E-state index is 10.9. The zero-order valence-electron chi connectivity index (χ0n) is 13.3. The molecule has 0 aromatic carbocycles. The minimum absolute atomic E-state index is 0.0243. The molecule has 1 aliphatic heterocycles. The van der Waals surface area contributed by atoms with E-state index in [4.69, 9.17) is 10.1 Å². The van der Waals surface area contributed by atoms with Crippen LogP contribution in [0.25, 0.3) is 0 Å². The van der Waals surface area contributed by atoms with Gasteiger partial charge in [-0.15, -0.1) is 11.3 Å². The van der Waals surface area contributed by atoms with Crippen LogP contribution in [0.1, 0.15) is 59.7 Å². The Kier molecular flexibility index (Phi) is 4.56. The van der Waals surface area contributed by atoms with Gasteiger partial charge in [0.15, 0.2) is 5.69 Å². The first-order chi connectivity index (χ1) is 11.0. The summed E-state index contributed by atoms with van der Waals surface area (Å²) in [7, 11) is 0. The number of carbonyl (C=O) groups is 1. The summed E-state index contributed by atoms with van der Waals surface area (Å²) in [5.41, 5.74) is 1.14. The van der Waals surface area contributed by atoms with E-state index in [1.165, 1.54) is 11.2 Å². The van der Waals surface area contributed by atoms with E-state index in [0.717, 1.165) is 37.4 Å². The first-order valence-electron chi connectivity index (χ1n) is 7.80. The third-order valence-corrected chi connectivity index (χ3v) is 5.11. The lowest BCUT2D eigenvalue weighted by molar-refractivity contribution is 0.0690. The number of aromatic nitrogens is 3. The molecule has 1 unspecified atom stereocenters. The van der Waals surface area contributed by atoms with Gasteiger partial charge in [0.1, 0.15) is 5.82 Å². The van der Waals surface area contributed by atoms with Crippen LogP contribution in [-0.4, -0.2) is 39.1 Å². The summed E-state index contributed by atoms with van der Waals surface area (Å²) < 4.78 is 0. The van der Waals surface area contributed by atoms with Gasteiger partial charge in [-0.25, -0.2) is 19.7 Å². The smallest absolute Gasteiger partial charge is 0.356 e. The molecule has 0 saturated carbocycles. The summed E-state index contributed by atoms with van der Waals surface area (Å²) in [6.07, 6.45) is 5.07. The van der Waals surface area contributed by atoms with Crippen LogP contribution in [0.15, 0.2) is 17.8 Å². The Bertz CT molecular complexity index is 684. The average molecular weight is 332 g/mol. The molecule has 0 spiro atoms. The van der Waals surface area contributed by atoms with E-state index in [1.54, 1.807) is 17.5 Å². The molecular weight excluding hydrogens is 312 g/mol. The number of nitrogens with zero attached hydrogens (tertiary/aromatic N) is 4. The maximum Gasteiger partial charge on any atom is 0.356 e. The Morgan fingerprint density at radius 3 is 2.83 bits per heavy atom. The van der Waals surface area contributed by atoms with Gasteiger partial charge in [-0.1, -0.05) is 13.8 Å². The number of aromatic carboxylic acids is 1. The second-order valence-corrected chi connectivity index (χ2v) is 7.01. The highest BCUT2D eigenvalue weighted by molar-refractivity contribution is 7.09. The molecule has 1 aliphatic rings. The molecule has 1 fully saturated rings. The standard InChI is InChI=1S/C16H20N4O2S/c1-10(2)13-9-23-15(19-13)11-4-3-5-20(8-11)14-7-17-12(6-18-14)16(21)22/h6-7,9-11H,3-5,8H2,1-2H3,(H,21,22). The highest BCUT2D eigenvalue weighted by Gasteiger charge is 2.25. The van der Waals surface area contributed by atoms with E-state index in [2.05, 4.69) is 34.1 Å². The Hall–Kier alpha value is -2.02. The van der Waals surface area contributed by atoms with Crippen molar-refractivity contribution in [1.82, 2.24) is 15.0 Å². The van der Waals surface area contributed by atoms with Crippen molar-refractivity contribution in [3.05, 3.63) is 34.2 Å². The van der Waals surface area contributed by atoms with E-state index in [-0.39, 0.29) is 5.69 Å². The van der Waals surface area contributed by atoms with Gasteiger partial charge in [0, 0.05) is 24.4 Å². The van der Waals surface area contributed by atoms with Crippen LogP contribution in [0.5, 0.6) is 0 Å². The van der Waals surface area contributed by atoms with Gasteiger partial charge in [0.25, 0.3) is 0 Å². The number of carboxylic acid groups (broad SMARTS) is 1. The van der Waals surface area contributed by atoms with Crippen LogP contribution < -0.4 is 4.90 Å². The molecule has 2 aromatic heterocycles. The number of piperidine rings is 1. The van der Waals surface area contributed by atoms with Crippen molar-refractivity contribution >= 4 is 23.1 Å². The average Bonchev–Trinajstić information content (AvgIpc) is 3.05. The van der Waals surface area contributed by atoms with E-state index in [9.17, 15) is 4.79 Å². The number of hydrogen-bond acceptors (Lipinski definition) is 6. The molecule has 23 heavy (non-hydrogen) atoms. The molecular formula is C16H20N4O2S. The van der Waals surface area contributed by atoms with Gasteiger partial charge in [-0.05, 0) is 18.8 Å². The Morgan fingerprint density at radius 1 is 1.39 bits per heavy atom. The lowest BCUT2D eigenvalue weighted by atomic mass is 9.98. The van der Waals surface area contributed by atoms with Crippen molar-refractivity contribution in [2.45, 2.75) is 38.5 Å². The molecule has 7 heteroatoms. The quantitative estimate of drug-likeness (QED) is 0.926. The third kappa shape index (κ3) is 3.50. The van der Waals surface area contributed by atoms with Crippen molar-refractivity contribution in [2.75, 3.05) is 18.0 Å². The highest BCUT2D eigenvalue weighted by Crippen LogP contribution is 2.32. The fraction of sp³-hybridized carbons (Fsp3) is 0.500. The van der Waals surface area contributed by atoms with Crippen LogP contribution in [0.4, 0.5) is 5.82 Å². The second-order valence-electron chi connectivity index (χ2n) is 6.12. The van der Waals surface area contributed by atoms with E-state index in [0.29, 0.717) is 11.8 Å². The Balaban J connectivity index is 1.73. The molecule has 0 amide bonds. The Morgan fingerprint density at radius 2 is 2.22 bits per heavy atom. The van der Waals surface area contributed by atoms with Gasteiger partial charge in [0.05, 0.1) is 23.1 Å². The SMILES string of the molecule is CC(C)c1csc(C2CCCN(c3cnc(C(=O)O)cn3)C2)n1. The summed E-state index contributed by atoms with van der Waals surface area (Å²) in [5.74, 6) is 0.543. The van der Waals surface area contributed by atoms with Crippen molar-refractivity contribution in [1.29, 1.82) is 0 Å². The number of carboxylic acids is 1. The molecule has 3 rings (SSSR count). The first kappa shape index (κ1) is 15.9. The van der Waals surface area contributed by atoms with Crippen molar-refractivity contribution in [3.8, 4) is 0 Å². The number of rotatable bonds is 4.